The van der Waals surface area contributed by atoms with Gasteiger partial charge >= 0.3 is 0 Å². The van der Waals surface area contributed by atoms with Gasteiger partial charge in [-0.1, -0.05) is 30.3 Å². The Balaban J connectivity index is 1.35. The number of anilines is 1. The molecule has 0 atom stereocenters. The van der Waals surface area contributed by atoms with Crippen molar-refractivity contribution in [1.82, 2.24) is 15.1 Å². The molecule has 1 aromatic heterocycles. The topological polar surface area (TPSA) is 90.2 Å². The number of hydrogen-bond donors (Lipinski definition) is 0. The average Bonchev–Trinajstić information content (AvgIpc) is 3.35. The molecule has 0 aliphatic carbocycles. The molecule has 3 aromatic rings. The van der Waals surface area contributed by atoms with Gasteiger partial charge in [0.15, 0.2) is 15.7 Å². The number of aromatic nitrogens is 2. The molecule has 0 fully saturated rings. The Bertz CT molecular complexity index is 1310. The van der Waals surface area contributed by atoms with Gasteiger partial charge in [0, 0.05) is 39.0 Å². The molecule has 2 aliphatic rings. The van der Waals surface area contributed by atoms with Crippen molar-refractivity contribution in [3.05, 3.63) is 82.0 Å². The molecule has 0 bridgehead atoms. The Morgan fingerprint density at radius 2 is 1.61 bits per heavy atom. The lowest BCUT2D eigenvalue weighted by atomic mass is 10.1. The number of nitrogens with zero attached hydrogens (tertiary/aromatic N) is 5. The van der Waals surface area contributed by atoms with E-state index in [2.05, 4.69) is 45.4 Å². The zero-order valence-electron chi connectivity index (χ0n) is 17.1. The zero-order valence-corrected chi connectivity index (χ0v) is 17.9. The molecule has 7 nitrogen and oxygen atoms in total. The molecule has 0 radical (unpaired) electrons. The summed E-state index contributed by atoms with van der Waals surface area (Å²) in [6, 6.07) is 17.6. The van der Waals surface area contributed by atoms with Crippen LogP contribution in [0.2, 0.25) is 0 Å². The van der Waals surface area contributed by atoms with Crippen molar-refractivity contribution in [2.45, 2.75) is 37.6 Å². The van der Waals surface area contributed by atoms with Crippen LogP contribution in [0.3, 0.4) is 0 Å². The van der Waals surface area contributed by atoms with E-state index in [4.69, 9.17) is 0 Å². The van der Waals surface area contributed by atoms with E-state index >= 15 is 0 Å². The minimum absolute atomic E-state index is 0.307. The van der Waals surface area contributed by atoms with Gasteiger partial charge in [-0.2, -0.15) is 10.4 Å². The highest BCUT2D eigenvalue weighted by atomic mass is 32.2. The maximum atomic E-state index is 11.9. The van der Waals surface area contributed by atoms with Gasteiger partial charge in [-0.05, 0) is 40.5 Å². The normalized spacial score (nSPS) is 15.5. The van der Waals surface area contributed by atoms with E-state index in [0.29, 0.717) is 35.9 Å². The van der Waals surface area contributed by atoms with Crippen molar-refractivity contribution >= 4 is 15.7 Å². The molecule has 0 saturated heterocycles. The molecule has 31 heavy (non-hydrogen) atoms. The van der Waals surface area contributed by atoms with Gasteiger partial charge in [0.05, 0.1) is 16.2 Å². The third-order valence-corrected chi connectivity index (χ3v) is 6.98. The Morgan fingerprint density at radius 1 is 0.935 bits per heavy atom. The van der Waals surface area contributed by atoms with Gasteiger partial charge in [0.25, 0.3) is 0 Å². The number of nitriles is 1. The second kappa shape index (κ2) is 7.45. The second-order valence-corrected chi connectivity index (χ2v) is 10.2. The van der Waals surface area contributed by atoms with Gasteiger partial charge < -0.3 is 4.90 Å². The minimum atomic E-state index is -3.26. The van der Waals surface area contributed by atoms with Gasteiger partial charge in [0.1, 0.15) is 6.07 Å². The van der Waals surface area contributed by atoms with E-state index in [1.165, 1.54) is 17.4 Å². The predicted octanol–water partition coefficient (Wildman–Crippen LogP) is 2.79. The van der Waals surface area contributed by atoms with Crippen LogP contribution in [0.25, 0.3) is 0 Å². The summed E-state index contributed by atoms with van der Waals surface area (Å²) in [5, 5.41) is 18.5. The molecule has 156 valence electrons. The number of benzene rings is 2. The van der Waals surface area contributed by atoms with Crippen LogP contribution in [-0.2, 0) is 42.6 Å². The van der Waals surface area contributed by atoms with E-state index in [0.717, 1.165) is 29.9 Å². The summed E-state index contributed by atoms with van der Waals surface area (Å²) in [7, 11) is -3.26. The number of rotatable bonds is 4. The fourth-order valence-corrected chi connectivity index (χ4v) is 4.99. The minimum Gasteiger partial charge on any atom is -0.345 e. The van der Waals surface area contributed by atoms with Crippen LogP contribution >= 0.6 is 0 Å². The average molecular weight is 432 g/mol. The molecular weight excluding hydrogens is 410 g/mol. The van der Waals surface area contributed by atoms with E-state index in [1.807, 2.05) is 17.0 Å². The Hall–Kier alpha value is -3.28. The highest BCUT2D eigenvalue weighted by Gasteiger charge is 2.25. The maximum absolute atomic E-state index is 11.9. The third-order valence-electron chi connectivity index (χ3n) is 5.87. The van der Waals surface area contributed by atoms with Gasteiger partial charge in [0.2, 0.25) is 0 Å². The van der Waals surface area contributed by atoms with Crippen molar-refractivity contribution in [2.75, 3.05) is 11.2 Å². The summed E-state index contributed by atoms with van der Waals surface area (Å²) in [6.07, 6.45) is 1.21. The maximum Gasteiger partial charge on any atom is 0.175 e. The molecule has 8 heteroatoms. The largest absolute Gasteiger partial charge is 0.345 e. The van der Waals surface area contributed by atoms with Crippen LogP contribution in [0.5, 0.6) is 0 Å². The molecule has 0 spiro atoms. The number of hydrogen-bond acceptors (Lipinski definition) is 7. The van der Waals surface area contributed by atoms with Crippen molar-refractivity contribution in [1.29, 1.82) is 5.26 Å². The summed E-state index contributed by atoms with van der Waals surface area (Å²) >= 11 is 0. The summed E-state index contributed by atoms with van der Waals surface area (Å²) < 4.78 is 23.7. The Kier molecular flexibility index (Phi) is 4.73. The molecule has 0 amide bonds. The fourth-order valence-electron chi connectivity index (χ4n) is 4.31. The molecule has 5 rings (SSSR count). The lowest BCUT2D eigenvalue weighted by molar-refractivity contribution is 0.271. The SMILES string of the molecule is CS(=O)(=O)c1ccc2c(c1)CN(c1nnc(CN3Cc4ccccc4C3)cc1C#N)C2. The highest BCUT2D eigenvalue weighted by Crippen LogP contribution is 2.31. The number of sulfone groups is 1. The lowest BCUT2D eigenvalue weighted by Gasteiger charge is -2.18. The standard InChI is InChI=1S/C23H21N5O2S/c1-31(29,30)22-7-6-18-13-28(14-20(18)9-22)23-19(10-24)8-21(25-26-23)15-27-11-16-4-2-3-5-17(16)12-27/h2-9H,11-15H2,1H3. The monoisotopic (exact) mass is 431 g/mol. The van der Waals surface area contributed by atoms with E-state index in [9.17, 15) is 13.7 Å². The second-order valence-electron chi connectivity index (χ2n) is 8.16. The van der Waals surface area contributed by atoms with E-state index < -0.39 is 9.84 Å². The molecule has 0 unspecified atom stereocenters. The summed E-state index contributed by atoms with van der Waals surface area (Å²) in [4.78, 5) is 4.56. The molecule has 2 aliphatic heterocycles. The quantitative estimate of drug-likeness (QED) is 0.627. The Labute approximate surface area is 181 Å². The predicted molar refractivity (Wildman–Crippen MR) is 116 cm³/mol. The first-order valence-electron chi connectivity index (χ1n) is 10.0. The van der Waals surface area contributed by atoms with Crippen molar-refractivity contribution in [3.8, 4) is 6.07 Å². The van der Waals surface area contributed by atoms with Gasteiger partial charge in [-0.15, -0.1) is 5.10 Å². The molecular formula is C23H21N5O2S. The first-order valence-corrected chi connectivity index (χ1v) is 11.9. The molecule has 0 N–H and O–H groups in total. The molecule has 2 aromatic carbocycles. The first-order chi connectivity index (χ1) is 14.9. The fraction of sp³-hybridized carbons (Fsp3) is 0.261. The number of fused-ring (bicyclic) bond motifs is 2. The highest BCUT2D eigenvalue weighted by molar-refractivity contribution is 7.90. The third kappa shape index (κ3) is 3.78. The van der Waals surface area contributed by atoms with Crippen LogP contribution in [-0.4, -0.2) is 29.8 Å². The summed E-state index contributed by atoms with van der Waals surface area (Å²) in [6.45, 7) is 3.44. The lowest BCUT2D eigenvalue weighted by Crippen LogP contribution is -2.20. The van der Waals surface area contributed by atoms with Crippen LogP contribution < -0.4 is 4.90 Å². The van der Waals surface area contributed by atoms with Gasteiger partial charge in [-0.3, -0.25) is 4.90 Å². The summed E-state index contributed by atoms with van der Waals surface area (Å²) in [5.41, 5.74) is 5.89. The molecule has 3 heterocycles. The van der Waals surface area contributed by atoms with Crippen LogP contribution in [0, 0.1) is 11.3 Å². The van der Waals surface area contributed by atoms with E-state index in [-0.39, 0.29) is 0 Å². The zero-order chi connectivity index (χ0) is 21.6. The van der Waals surface area contributed by atoms with Gasteiger partial charge in [-0.25, -0.2) is 8.42 Å². The van der Waals surface area contributed by atoms with Crippen LogP contribution in [0.4, 0.5) is 5.82 Å². The first kappa shape index (κ1) is 19.7. The van der Waals surface area contributed by atoms with E-state index in [1.54, 1.807) is 12.1 Å². The van der Waals surface area contributed by atoms with Crippen LogP contribution in [0.1, 0.15) is 33.5 Å². The van der Waals surface area contributed by atoms with Crippen molar-refractivity contribution in [3.63, 3.8) is 0 Å². The van der Waals surface area contributed by atoms with Crippen molar-refractivity contribution < 1.29 is 8.42 Å². The summed E-state index contributed by atoms with van der Waals surface area (Å²) in [5.74, 6) is 0.535. The molecule has 0 saturated carbocycles. The van der Waals surface area contributed by atoms with Crippen molar-refractivity contribution in [2.24, 2.45) is 0 Å². The van der Waals surface area contributed by atoms with Crippen LogP contribution in [0.15, 0.2) is 53.4 Å². The smallest absolute Gasteiger partial charge is 0.175 e. The Morgan fingerprint density at radius 3 is 2.29 bits per heavy atom.